The van der Waals surface area contributed by atoms with Crippen molar-refractivity contribution in [2.24, 2.45) is 0 Å². The van der Waals surface area contributed by atoms with Crippen molar-refractivity contribution >= 4 is 20.9 Å². The van der Waals surface area contributed by atoms with E-state index in [1.165, 1.54) is 12.3 Å². The highest BCUT2D eigenvalue weighted by atomic mass is 32.2. The smallest absolute Gasteiger partial charge is 0.277 e. The van der Waals surface area contributed by atoms with Crippen molar-refractivity contribution in [3.63, 3.8) is 0 Å². The number of aryl methyl sites for hydroxylation is 1. The van der Waals surface area contributed by atoms with Crippen LogP contribution in [0.1, 0.15) is 38.8 Å². The van der Waals surface area contributed by atoms with Crippen molar-refractivity contribution in [1.29, 1.82) is 0 Å². The van der Waals surface area contributed by atoms with Crippen molar-refractivity contribution in [2.75, 3.05) is 26.0 Å². The molecule has 32 heavy (non-hydrogen) atoms. The second-order valence-corrected chi connectivity index (χ2v) is 10.0. The molecule has 0 amide bonds. The van der Waals surface area contributed by atoms with E-state index in [1.54, 1.807) is 4.68 Å². The van der Waals surface area contributed by atoms with Gasteiger partial charge in [0.05, 0.1) is 29.4 Å². The number of aromatic amines is 1. The van der Waals surface area contributed by atoms with Crippen LogP contribution < -0.4 is 10.3 Å². The average molecular weight is 461 g/mol. The summed E-state index contributed by atoms with van der Waals surface area (Å²) < 4.78 is 31.6. The van der Waals surface area contributed by atoms with Crippen LogP contribution in [-0.2, 0) is 22.9 Å². The topological polar surface area (TPSA) is 123 Å². The molecule has 0 spiro atoms. The number of H-pyrrole nitrogens is 1. The van der Waals surface area contributed by atoms with E-state index in [9.17, 15) is 13.2 Å². The molecule has 11 heteroatoms. The van der Waals surface area contributed by atoms with Crippen LogP contribution in [0.15, 0.2) is 22.0 Å². The first-order valence-corrected chi connectivity index (χ1v) is 12.8. The van der Waals surface area contributed by atoms with Crippen LogP contribution in [0.2, 0.25) is 0 Å². The van der Waals surface area contributed by atoms with Crippen molar-refractivity contribution in [3.8, 4) is 17.3 Å². The van der Waals surface area contributed by atoms with Crippen LogP contribution >= 0.6 is 0 Å². The molecule has 0 bridgehead atoms. The molecule has 1 fully saturated rings. The van der Waals surface area contributed by atoms with Gasteiger partial charge in [-0.2, -0.15) is 5.10 Å². The zero-order chi connectivity index (χ0) is 22.9. The highest BCUT2D eigenvalue weighted by molar-refractivity contribution is 7.90. The quantitative estimate of drug-likeness (QED) is 0.541. The molecule has 1 saturated heterocycles. The molecule has 0 saturated carbocycles. The molecule has 1 N–H and O–H groups in total. The molecular weight excluding hydrogens is 432 g/mol. The fraction of sp³-hybridized carbons (Fsp3) is 0.524. The Bertz CT molecular complexity index is 1290. The fourth-order valence-corrected chi connectivity index (χ4v) is 4.43. The first-order valence-electron chi connectivity index (χ1n) is 10.9. The zero-order valence-electron chi connectivity index (χ0n) is 18.6. The zero-order valence-corrected chi connectivity index (χ0v) is 19.4. The third kappa shape index (κ3) is 4.40. The van der Waals surface area contributed by atoms with E-state index in [0.29, 0.717) is 36.3 Å². The van der Waals surface area contributed by atoms with Gasteiger partial charge in [0.15, 0.2) is 15.4 Å². The standard InChI is InChI=1S/C21H28N6O4S/c1-4-10-31-21-15(11-14(12-22-21)32(3,29)30)19-23-17-16(5-2)25-27(18(17)20(28)24-19)13-26-8-6-7-9-26/h11-12H,4-10,13H2,1-3H3,(H,23,24,28). The third-order valence-corrected chi connectivity index (χ3v) is 6.57. The number of hydrogen-bond acceptors (Lipinski definition) is 8. The summed E-state index contributed by atoms with van der Waals surface area (Å²) in [5, 5.41) is 4.65. The lowest BCUT2D eigenvalue weighted by Crippen LogP contribution is -2.25. The Hall–Kier alpha value is -2.79. The monoisotopic (exact) mass is 460 g/mol. The predicted octanol–water partition coefficient (Wildman–Crippen LogP) is 1.99. The molecular formula is C21H28N6O4S. The molecule has 10 nitrogen and oxygen atoms in total. The number of ether oxygens (including phenoxy) is 1. The summed E-state index contributed by atoms with van der Waals surface area (Å²) in [6.45, 7) is 6.82. The molecule has 3 aromatic rings. The average Bonchev–Trinajstić information content (AvgIpc) is 3.39. The van der Waals surface area contributed by atoms with E-state index in [0.717, 1.165) is 44.3 Å². The van der Waals surface area contributed by atoms with Gasteiger partial charge in [-0.3, -0.25) is 9.69 Å². The van der Waals surface area contributed by atoms with Crippen LogP contribution in [0.5, 0.6) is 5.88 Å². The van der Waals surface area contributed by atoms with Gasteiger partial charge in [0, 0.05) is 12.5 Å². The summed E-state index contributed by atoms with van der Waals surface area (Å²) >= 11 is 0. The minimum atomic E-state index is -3.51. The van der Waals surface area contributed by atoms with E-state index >= 15 is 0 Å². The molecule has 0 aromatic carbocycles. The third-order valence-electron chi connectivity index (χ3n) is 5.49. The number of hydrogen-bond donors (Lipinski definition) is 1. The molecule has 0 aliphatic carbocycles. The fourth-order valence-electron chi connectivity index (χ4n) is 3.85. The minimum absolute atomic E-state index is 0.0273. The van der Waals surface area contributed by atoms with Crippen LogP contribution in [0.25, 0.3) is 22.4 Å². The van der Waals surface area contributed by atoms with Gasteiger partial charge in [-0.1, -0.05) is 13.8 Å². The number of aromatic nitrogens is 5. The lowest BCUT2D eigenvalue weighted by Gasteiger charge is -2.14. The van der Waals surface area contributed by atoms with E-state index in [4.69, 9.17) is 9.72 Å². The number of sulfone groups is 1. The molecule has 0 unspecified atom stereocenters. The second kappa shape index (κ2) is 8.99. The Morgan fingerprint density at radius 1 is 1.22 bits per heavy atom. The highest BCUT2D eigenvalue weighted by Crippen LogP contribution is 2.29. The van der Waals surface area contributed by atoms with Gasteiger partial charge in [-0.15, -0.1) is 0 Å². The molecule has 4 rings (SSSR count). The summed E-state index contributed by atoms with van der Waals surface area (Å²) in [7, 11) is -3.51. The Morgan fingerprint density at radius 2 is 1.97 bits per heavy atom. The molecule has 172 valence electrons. The van der Waals surface area contributed by atoms with E-state index in [-0.39, 0.29) is 22.2 Å². The number of nitrogens with zero attached hydrogens (tertiary/aromatic N) is 5. The Balaban J connectivity index is 1.87. The molecule has 3 aromatic heterocycles. The first-order chi connectivity index (χ1) is 15.3. The Kier molecular flexibility index (Phi) is 6.29. The van der Waals surface area contributed by atoms with Crippen molar-refractivity contribution < 1.29 is 13.2 Å². The van der Waals surface area contributed by atoms with Gasteiger partial charge in [0.1, 0.15) is 11.3 Å². The number of rotatable bonds is 8. The van der Waals surface area contributed by atoms with Gasteiger partial charge in [0.25, 0.3) is 5.56 Å². The number of pyridine rings is 1. The summed E-state index contributed by atoms with van der Waals surface area (Å²) in [5.41, 5.74) is 1.64. The minimum Gasteiger partial charge on any atom is -0.477 e. The molecule has 0 atom stereocenters. The van der Waals surface area contributed by atoms with Gasteiger partial charge in [-0.25, -0.2) is 23.1 Å². The Morgan fingerprint density at radius 3 is 2.62 bits per heavy atom. The summed E-state index contributed by atoms with van der Waals surface area (Å²) in [6.07, 6.45) is 6.01. The summed E-state index contributed by atoms with van der Waals surface area (Å²) in [6, 6.07) is 1.44. The van der Waals surface area contributed by atoms with Crippen molar-refractivity contribution in [3.05, 3.63) is 28.3 Å². The van der Waals surface area contributed by atoms with E-state index in [2.05, 4.69) is 20.0 Å². The lowest BCUT2D eigenvalue weighted by atomic mass is 10.2. The molecule has 4 heterocycles. The van der Waals surface area contributed by atoms with Crippen molar-refractivity contribution in [2.45, 2.75) is 51.1 Å². The number of nitrogens with one attached hydrogen (secondary N) is 1. The number of likely N-dealkylation sites (tertiary alicyclic amines) is 1. The van der Waals surface area contributed by atoms with Gasteiger partial charge >= 0.3 is 0 Å². The van der Waals surface area contributed by atoms with E-state index in [1.807, 2.05) is 13.8 Å². The maximum Gasteiger partial charge on any atom is 0.277 e. The summed E-state index contributed by atoms with van der Waals surface area (Å²) in [4.78, 5) is 27.1. The second-order valence-electron chi connectivity index (χ2n) is 8.02. The van der Waals surface area contributed by atoms with E-state index < -0.39 is 9.84 Å². The lowest BCUT2D eigenvalue weighted by molar-refractivity contribution is 0.259. The van der Waals surface area contributed by atoms with Gasteiger partial charge in [-0.05, 0) is 44.8 Å². The SMILES string of the molecule is CCCOc1ncc(S(C)(=O)=O)cc1-c1nc2c(CC)nn(CN3CCCC3)c2c(=O)[nH]1. The normalized spacial score (nSPS) is 15.0. The van der Waals surface area contributed by atoms with Crippen molar-refractivity contribution in [1.82, 2.24) is 29.6 Å². The maximum absolute atomic E-state index is 13.1. The van der Waals surface area contributed by atoms with Gasteiger partial charge in [0.2, 0.25) is 5.88 Å². The van der Waals surface area contributed by atoms with Crippen LogP contribution in [0.3, 0.4) is 0 Å². The molecule has 0 radical (unpaired) electrons. The van der Waals surface area contributed by atoms with Gasteiger partial charge < -0.3 is 9.72 Å². The summed E-state index contributed by atoms with van der Waals surface area (Å²) in [5.74, 6) is 0.436. The predicted molar refractivity (Wildman–Crippen MR) is 120 cm³/mol. The largest absolute Gasteiger partial charge is 0.477 e. The van der Waals surface area contributed by atoms with Crippen LogP contribution in [0, 0.1) is 0 Å². The van der Waals surface area contributed by atoms with Crippen LogP contribution in [-0.4, -0.2) is 64.0 Å². The maximum atomic E-state index is 13.1. The Labute approximate surface area is 186 Å². The first kappa shape index (κ1) is 22.4. The molecule has 1 aliphatic heterocycles. The number of fused-ring (bicyclic) bond motifs is 1. The van der Waals surface area contributed by atoms with Crippen LogP contribution in [0.4, 0.5) is 0 Å². The molecule has 1 aliphatic rings. The highest BCUT2D eigenvalue weighted by Gasteiger charge is 2.22.